The lowest BCUT2D eigenvalue weighted by atomic mass is 10.2. The van der Waals surface area contributed by atoms with Crippen LogP contribution in [0.1, 0.15) is 15.9 Å². The Kier molecular flexibility index (Phi) is 9.02. The highest BCUT2D eigenvalue weighted by atomic mass is 79.9. The smallest absolute Gasteiger partial charge is 0.170 e. The van der Waals surface area contributed by atoms with Crippen LogP contribution in [0.4, 0.5) is 17.6 Å². The van der Waals surface area contributed by atoms with Gasteiger partial charge in [0, 0.05) is 8.95 Å². The first kappa shape index (κ1) is 22.9. The van der Waals surface area contributed by atoms with Gasteiger partial charge < -0.3 is 4.84 Å². The van der Waals surface area contributed by atoms with Gasteiger partial charge in [0.1, 0.15) is 7.11 Å². The van der Waals surface area contributed by atoms with Crippen LogP contribution in [0.3, 0.4) is 0 Å². The Bertz CT molecular complexity index is 814. The minimum absolute atomic E-state index is 0.0460. The van der Waals surface area contributed by atoms with Gasteiger partial charge in [-0.15, -0.1) is 0 Å². The zero-order valence-corrected chi connectivity index (χ0v) is 17.3. The Labute approximate surface area is 172 Å². The molecule has 0 unspecified atom stereocenters. The maximum Gasteiger partial charge on any atom is 0.170 e. The predicted octanol–water partition coefficient (Wildman–Crippen LogP) is 6.55. The van der Waals surface area contributed by atoms with Gasteiger partial charge in [0.05, 0.1) is 27.4 Å². The first-order valence-electron chi connectivity index (χ1n) is 6.33. The fourth-order valence-corrected chi connectivity index (χ4v) is 2.70. The number of benzene rings is 2. The van der Waals surface area contributed by atoms with Gasteiger partial charge >= 0.3 is 0 Å². The van der Waals surface area contributed by atoms with E-state index in [2.05, 4.69) is 41.9 Å². The molecule has 2 aromatic carbocycles. The number of nitrogens with zero attached hydrogens (tertiary/aromatic N) is 1. The van der Waals surface area contributed by atoms with E-state index in [1.165, 1.54) is 7.11 Å². The van der Waals surface area contributed by atoms with Crippen molar-refractivity contribution in [3.63, 3.8) is 0 Å². The molecule has 0 saturated carbocycles. The lowest BCUT2D eigenvalue weighted by Crippen LogP contribution is -1.96. The Morgan fingerprint density at radius 2 is 1.38 bits per heavy atom. The Balaban J connectivity index is 0.000000263. The number of hydrogen-bond donors (Lipinski definition) is 0. The van der Waals surface area contributed by atoms with E-state index in [4.69, 9.17) is 23.2 Å². The summed E-state index contributed by atoms with van der Waals surface area (Å²) >= 11 is 17.0. The molecule has 0 spiro atoms. The molecule has 0 aliphatic heterocycles. The van der Waals surface area contributed by atoms with Gasteiger partial charge in [-0.2, -0.15) is 0 Å². The second kappa shape index (κ2) is 10.2. The largest absolute Gasteiger partial charge is 0.399 e. The number of aldehydes is 1. The molecule has 26 heavy (non-hydrogen) atoms. The molecule has 0 N–H and O–H groups in total. The average molecular weight is 540 g/mol. The predicted molar refractivity (Wildman–Crippen MR) is 98.1 cm³/mol. The van der Waals surface area contributed by atoms with Crippen molar-refractivity contribution < 1.29 is 27.2 Å². The highest BCUT2D eigenvalue weighted by Gasteiger charge is 2.15. The van der Waals surface area contributed by atoms with Crippen molar-refractivity contribution in [1.29, 1.82) is 0 Å². The van der Waals surface area contributed by atoms with Gasteiger partial charge in [-0.3, -0.25) is 4.79 Å². The minimum Gasteiger partial charge on any atom is -0.399 e. The molecular weight excluding hydrogens is 533 g/mol. The third-order valence-corrected chi connectivity index (χ3v) is 5.22. The van der Waals surface area contributed by atoms with E-state index in [0.717, 1.165) is 18.3 Å². The van der Waals surface area contributed by atoms with Gasteiger partial charge in [0.2, 0.25) is 0 Å². The molecule has 0 fully saturated rings. The zero-order valence-electron chi connectivity index (χ0n) is 12.6. The summed E-state index contributed by atoms with van der Waals surface area (Å²) in [6.07, 6.45) is 1.18. The average Bonchev–Trinajstić information content (AvgIpc) is 2.60. The first-order valence-corrected chi connectivity index (χ1v) is 8.67. The fourth-order valence-electron chi connectivity index (χ4n) is 1.51. The van der Waals surface area contributed by atoms with Crippen LogP contribution in [0.15, 0.2) is 26.2 Å². The Morgan fingerprint density at radius 1 is 0.962 bits per heavy atom. The molecule has 0 radical (unpaired) electrons. The normalized spacial score (nSPS) is 10.5. The molecule has 0 bridgehead atoms. The van der Waals surface area contributed by atoms with Gasteiger partial charge in [0.15, 0.2) is 29.6 Å². The van der Waals surface area contributed by atoms with Crippen molar-refractivity contribution >= 4 is 67.6 Å². The summed E-state index contributed by atoms with van der Waals surface area (Å²) in [5.74, 6) is -4.38. The maximum atomic E-state index is 13.1. The summed E-state index contributed by atoms with van der Waals surface area (Å²) in [5.41, 5.74) is -0.621. The van der Waals surface area contributed by atoms with E-state index in [1.54, 1.807) is 0 Å². The van der Waals surface area contributed by atoms with Crippen LogP contribution < -0.4 is 0 Å². The fraction of sp³-hybridized carbons (Fsp3) is 0.0667. The highest BCUT2D eigenvalue weighted by molar-refractivity contribution is 9.10. The van der Waals surface area contributed by atoms with E-state index in [0.29, 0.717) is 0 Å². The maximum absolute atomic E-state index is 13.1. The second-order valence-corrected chi connectivity index (χ2v) is 6.76. The summed E-state index contributed by atoms with van der Waals surface area (Å²) in [5, 5.41) is 3.23. The Hall–Kier alpha value is -1.16. The quantitative estimate of drug-likeness (QED) is 0.146. The molecule has 0 saturated heterocycles. The Morgan fingerprint density at radius 3 is 1.81 bits per heavy atom. The van der Waals surface area contributed by atoms with E-state index in [-0.39, 0.29) is 30.8 Å². The summed E-state index contributed by atoms with van der Waals surface area (Å²) in [6, 6.07) is 1.81. The van der Waals surface area contributed by atoms with Crippen LogP contribution in [-0.4, -0.2) is 19.6 Å². The zero-order chi connectivity index (χ0) is 20.0. The number of halogens is 8. The molecule has 2 aromatic rings. The molecule has 140 valence electrons. The number of carbonyl (C=O) groups excluding carboxylic acids is 1. The minimum atomic E-state index is -1.22. The van der Waals surface area contributed by atoms with Crippen molar-refractivity contribution in [2.45, 2.75) is 0 Å². The van der Waals surface area contributed by atoms with Crippen LogP contribution in [0, 0.1) is 23.3 Å². The summed E-state index contributed by atoms with van der Waals surface area (Å²) < 4.78 is 51.8. The van der Waals surface area contributed by atoms with Gasteiger partial charge in [0.25, 0.3) is 0 Å². The molecule has 3 nitrogen and oxygen atoms in total. The molecule has 11 heteroatoms. The third-order valence-electron chi connectivity index (χ3n) is 2.70. The van der Waals surface area contributed by atoms with Gasteiger partial charge in [-0.25, -0.2) is 17.6 Å². The molecule has 0 aliphatic carbocycles. The summed E-state index contributed by atoms with van der Waals surface area (Å²) in [4.78, 5) is 14.6. The molecule has 0 amide bonds. The molecule has 0 aromatic heterocycles. The highest BCUT2D eigenvalue weighted by Crippen LogP contribution is 2.30. The molecule has 0 aliphatic rings. The van der Waals surface area contributed by atoms with Crippen molar-refractivity contribution in [3.8, 4) is 0 Å². The van der Waals surface area contributed by atoms with E-state index >= 15 is 0 Å². The van der Waals surface area contributed by atoms with Crippen LogP contribution in [0.5, 0.6) is 0 Å². The third kappa shape index (κ3) is 5.42. The van der Waals surface area contributed by atoms with Crippen molar-refractivity contribution in [2.24, 2.45) is 5.16 Å². The number of oxime groups is 1. The topological polar surface area (TPSA) is 38.7 Å². The standard InChI is InChI=1S/C8H5BrClF2NO.C7H2BrClF2O/c1-14-13-3-4-7(10)5(9)2-6(11)8(4)12;8-4-1-5(10)7(11)3(2-12)6(4)9/h2-3H,1H3;1-2H/b13-3+;. The van der Waals surface area contributed by atoms with Gasteiger partial charge in [-0.1, -0.05) is 28.4 Å². The van der Waals surface area contributed by atoms with Crippen LogP contribution in [0.2, 0.25) is 10.0 Å². The van der Waals surface area contributed by atoms with Crippen LogP contribution in [0.25, 0.3) is 0 Å². The lowest BCUT2D eigenvalue weighted by molar-refractivity contribution is 0.111. The van der Waals surface area contributed by atoms with Gasteiger partial charge in [-0.05, 0) is 44.0 Å². The van der Waals surface area contributed by atoms with Crippen molar-refractivity contribution in [1.82, 2.24) is 0 Å². The number of rotatable bonds is 3. The van der Waals surface area contributed by atoms with E-state index in [1.807, 2.05) is 0 Å². The lowest BCUT2D eigenvalue weighted by Gasteiger charge is -2.03. The molecule has 0 atom stereocenters. The monoisotopic (exact) mass is 537 g/mol. The van der Waals surface area contributed by atoms with Crippen LogP contribution in [-0.2, 0) is 4.84 Å². The number of carbonyl (C=O) groups is 1. The van der Waals surface area contributed by atoms with Crippen LogP contribution >= 0.6 is 55.1 Å². The number of hydrogen-bond acceptors (Lipinski definition) is 3. The molecule has 2 rings (SSSR count). The summed E-state index contributed by atoms with van der Waals surface area (Å²) in [7, 11) is 1.29. The van der Waals surface area contributed by atoms with E-state index in [9.17, 15) is 22.4 Å². The molecular formula is C15H7Br2Cl2F4NO2. The van der Waals surface area contributed by atoms with Crippen molar-refractivity contribution in [3.05, 3.63) is 65.5 Å². The molecule has 0 heterocycles. The second-order valence-electron chi connectivity index (χ2n) is 4.30. The van der Waals surface area contributed by atoms with Crippen molar-refractivity contribution in [2.75, 3.05) is 7.11 Å². The van der Waals surface area contributed by atoms with E-state index < -0.39 is 28.8 Å². The SMILES string of the molecule is CO/N=C/c1c(F)c(F)cc(Br)c1Cl.O=Cc1c(F)c(F)cc(Br)c1Cl. The summed E-state index contributed by atoms with van der Waals surface area (Å²) in [6.45, 7) is 0. The first-order chi connectivity index (χ1) is 12.1.